The number of benzene rings is 1. The third kappa shape index (κ3) is 3.64. The molecule has 0 fully saturated rings. The standard InChI is InChI=1S/C12H11N3O3S/c13-7-10-3-1-2-4-11(10)9-19(16,17)14-8-12-5-6-18-15-12/h1-6,14H,8-9H2. The Morgan fingerprint density at radius 1 is 1.32 bits per heavy atom. The van der Waals surface area contributed by atoms with Crippen molar-refractivity contribution in [3.05, 3.63) is 53.4 Å². The minimum absolute atomic E-state index is 0.0630. The fourth-order valence-corrected chi connectivity index (χ4v) is 2.65. The maximum absolute atomic E-state index is 11.9. The first-order chi connectivity index (χ1) is 9.11. The molecule has 98 valence electrons. The van der Waals surface area contributed by atoms with Crippen LogP contribution in [0.1, 0.15) is 16.8 Å². The molecule has 1 aromatic carbocycles. The largest absolute Gasteiger partial charge is 0.364 e. The molecule has 6 nitrogen and oxygen atoms in total. The van der Waals surface area contributed by atoms with Gasteiger partial charge in [-0.2, -0.15) is 5.26 Å². The van der Waals surface area contributed by atoms with Gasteiger partial charge in [0.2, 0.25) is 10.0 Å². The van der Waals surface area contributed by atoms with Gasteiger partial charge in [0.25, 0.3) is 0 Å². The molecule has 0 amide bonds. The predicted molar refractivity (Wildman–Crippen MR) is 67.1 cm³/mol. The van der Waals surface area contributed by atoms with E-state index in [2.05, 4.69) is 14.4 Å². The van der Waals surface area contributed by atoms with Crippen molar-refractivity contribution in [2.45, 2.75) is 12.3 Å². The summed E-state index contributed by atoms with van der Waals surface area (Å²) < 4.78 is 30.8. The predicted octanol–water partition coefficient (Wildman–Crippen LogP) is 1.17. The molecule has 7 heteroatoms. The lowest BCUT2D eigenvalue weighted by Gasteiger charge is -2.06. The highest BCUT2D eigenvalue weighted by atomic mass is 32.2. The van der Waals surface area contributed by atoms with E-state index in [0.29, 0.717) is 16.8 Å². The molecule has 19 heavy (non-hydrogen) atoms. The smallest absolute Gasteiger partial charge is 0.216 e. The summed E-state index contributed by atoms with van der Waals surface area (Å²) in [4.78, 5) is 0. The topological polar surface area (TPSA) is 96.0 Å². The molecule has 2 rings (SSSR count). The fourth-order valence-electron chi connectivity index (χ4n) is 1.52. The summed E-state index contributed by atoms with van der Waals surface area (Å²) in [6.07, 6.45) is 1.37. The molecule has 0 spiro atoms. The second-order valence-electron chi connectivity index (χ2n) is 3.84. The first-order valence-corrected chi connectivity index (χ1v) is 7.10. The van der Waals surface area contributed by atoms with Crippen molar-refractivity contribution in [1.29, 1.82) is 5.26 Å². The van der Waals surface area contributed by atoms with Crippen LogP contribution in [-0.2, 0) is 22.3 Å². The highest BCUT2D eigenvalue weighted by Gasteiger charge is 2.14. The minimum atomic E-state index is -3.53. The fraction of sp³-hybridized carbons (Fsp3) is 0.167. The van der Waals surface area contributed by atoms with Gasteiger partial charge in [-0.25, -0.2) is 13.1 Å². The van der Waals surface area contributed by atoms with Crippen LogP contribution >= 0.6 is 0 Å². The lowest BCUT2D eigenvalue weighted by atomic mass is 10.1. The zero-order chi connectivity index (χ0) is 13.7. The SMILES string of the molecule is N#Cc1ccccc1CS(=O)(=O)NCc1ccon1. The van der Waals surface area contributed by atoms with E-state index in [1.807, 2.05) is 6.07 Å². The Morgan fingerprint density at radius 2 is 2.11 bits per heavy atom. The van der Waals surface area contributed by atoms with Crippen molar-refractivity contribution in [3.63, 3.8) is 0 Å². The lowest BCUT2D eigenvalue weighted by Crippen LogP contribution is -2.25. The van der Waals surface area contributed by atoms with Crippen molar-refractivity contribution in [2.75, 3.05) is 0 Å². The molecule has 0 saturated heterocycles. The van der Waals surface area contributed by atoms with E-state index in [1.165, 1.54) is 6.26 Å². The second-order valence-corrected chi connectivity index (χ2v) is 5.65. The molecule has 0 aliphatic carbocycles. The zero-order valence-corrected chi connectivity index (χ0v) is 10.7. The molecule has 0 aliphatic rings. The number of rotatable bonds is 5. The number of nitriles is 1. The van der Waals surface area contributed by atoms with Gasteiger partial charge in [-0.3, -0.25) is 0 Å². The van der Waals surface area contributed by atoms with Gasteiger partial charge in [0, 0.05) is 6.07 Å². The molecule has 0 bridgehead atoms. The Morgan fingerprint density at radius 3 is 2.79 bits per heavy atom. The van der Waals surface area contributed by atoms with Gasteiger partial charge in [0.1, 0.15) is 6.26 Å². The van der Waals surface area contributed by atoms with Gasteiger partial charge < -0.3 is 4.52 Å². The van der Waals surface area contributed by atoms with Crippen LogP contribution in [0.2, 0.25) is 0 Å². The molecule has 0 saturated carbocycles. The van der Waals surface area contributed by atoms with Gasteiger partial charge in [-0.1, -0.05) is 23.4 Å². The van der Waals surface area contributed by atoms with Crippen molar-refractivity contribution in [1.82, 2.24) is 9.88 Å². The van der Waals surface area contributed by atoms with Crippen LogP contribution in [-0.4, -0.2) is 13.6 Å². The molecule has 1 N–H and O–H groups in total. The first-order valence-electron chi connectivity index (χ1n) is 5.45. The molecular formula is C12H11N3O3S. The maximum Gasteiger partial charge on any atom is 0.216 e. The highest BCUT2D eigenvalue weighted by molar-refractivity contribution is 7.88. The van der Waals surface area contributed by atoms with E-state index in [9.17, 15) is 8.42 Å². The van der Waals surface area contributed by atoms with Crippen LogP contribution in [0.4, 0.5) is 0 Å². The van der Waals surface area contributed by atoms with E-state index < -0.39 is 10.0 Å². The van der Waals surface area contributed by atoms with E-state index in [1.54, 1.807) is 30.3 Å². The Kier molecular flexibility index (Phi) is 3.94. The number of hydrogen-bond acceptors (Lipinski definition) is 5. The maximum atomic E-state index is 11.9. The average molecular weight is 277 g/mol. The van der Waals surface area contributed by atoms with Crippen LogP contribution in [0.3, 0.4) is 0 Å². The monoisotopic (exact) mass is 277 g/mol. The number of aromatic nitrogens is 1. The molecule has 1 aromatic heterocycles. The van der Waals surface area contributed by atoms with E-state index in [4.69, 9.17) is 5.26 Å². The number of sulfonamides is 1. The molecule has 0 aliphatic heterocycles. The van der Waals surface area contributed by atoms with Crippen LogP contribution in [0, 0.1) is 11.3 Å². The van der Waals surface area contributed by atoms with Gasteiger partial charge in [-0.05, 0) is 11.6 Å². The van der Waals surface area contributed by atoms with Gasteiger partial charge >= 0.3 is 0 Å². The summed E-state index contributed by atoms with van der Waals surface area (Å²) in [6.45, 7) is 0.0630. The summed E-state index contributed by atoms with van der Waals surface area (Å²) in [5.74, 6) is -0.241. The van der Waals surface area contributed by atoms with Crippen molar-refractivity contribution < 1.29 is 12.9 Å². The Balaban J connectivity index is 2.07. The van der Waals surface area contributed by atoms with E-state index in [0.717, 1.165) is 0 Å². The summed E-state index contributed by atoms with van der Waals surface area (Å²) in [7, 11) is -3.53. The second kappa shape index (κ2) is 5.65. The lowest BCUT2D eigenvalue weighted by molar-refractivity contribution is 0.411. The highest BCUT2D eigenvalue weighted by Crippen LogP contribution is 2.11. The average Bonchev–Trinajstić information content (AvgIpc) is 2.90. The van der Waals surface area contributed by atoms with Crippen LogP contribution < -0.4 is 4.72 Å². The van der Waals surface area contributed by atoms with Crippen LogP contribution in [0.25, 0.3) is 0 Å². The van der Waals surface area contributed by atoms with Gasteiger partial charge in [-0.15, -0.1) is 0 Å². The Bertz CT molecular complexity index is 687. The van der Waals surface area contributed by atoms with Gasteiger partial charge in [0.05, 0.1) is 29.6 Å². The number of nitrogens with one attached hydrogen (secondary N) is 1. The summed E-state index contributed by atoms with van der Waals surface area (Å²) in [6, 6.07) is 10.1. The summed E-state index contributed by atoms with van der Waals surface area (Å²) in [5.41, 5.74) is 1.32. The number of nitrogens with zero attached hydrogens (tertiary/aromatic N) is 2. The van der Waals surface area contributed by atoms with E-state index in [-0.39, 0.29) is 12.3 Å². The van der Waals surface area contributed by atoms with Crippen LogP contribution in [0.5, 0.6) is 0 Å². The van der Waals surface area contributed by atoms with Crippen molar-refractivity contribution >= 4 is 10.0 Å². The molecular weight excluding hydrogens is 266 g/mol. The first kappa shape index (κ1) is 13.3. The Hall–Kier alpha value is -2.17. The normalized spacial score (nSPS) is 11.1. The van der Waals surface area contributed by atoms with E-state index >= 15 is 0 Å². The van der Waals surface area contributed by atoms with Gasteiger partial charge in [0.15, 0.2) is 0 Å². The molecule has 0 unspecified atom stereocenters. The molecule has 0 atom stereocenters. The van der Waals surface area contributed by atoms with Crippen LogP contribution in [0.15, 0.2) is 41.1 Å². The number of hydrogen-bond donors (Lipinski definition) is 1. The molecule has 2 aromatic rings. The minimum Gasteiger partial charge on any atom is -0.364 e. The summed E-state index contributed by atoms with van der Waals surface area (Å²) in [5, 5.41) is 12.5. The molecule has 1 heterocycles. The molecule has 0 radical (unpaired) electrons. The zero-order valence-electron chi connectivity index (χ0n) is 9.91. The third-order valence-electron chi connectivity index (χ3n) is 2.45. The third-order valence-corrected chi connectivity index (χ3v) is 3.72. The summed E-state index contributed by atoms with van der Waals surface area (Å²) >= 11 is 0. The van der Waals surface area contributed by atoms with Crippen molar-refractivity contribution in [3.8, 4) is 6.07 Å². The quantitative estimate of drug-likeness (QED) is 0.884. The van der Waals surface area contributed by atoms with Crippen molar-refractivity contribution in [2.24, 2.45) is 0 Å². The Labute approximate surface area is 110 Å².